The first-order valence-corrected chi connectivity index (χ1v) is 5.21. The molecule has 1 fully saturated rings. The number of halogens is 2. The van der Waals surface area contributed by atoms with Gasteiger partial charge in [0.25, 0.3) is 0 Å². The van der Waals surface area contributed by atoms with Crippen molar-refractivity contribution >= 4 is 23.2 Å². The lowest BCUT2D eigenvalue weighted by atomic mass is 10.1. The molecule has 1 aliphatic rings. The van der Waals surface area contributed by atoms with Gasteiger partial charge in [-0.3, -0.25) is 4.79 Å². The topological polar surface area (TPSA) is 20.3 Å². The van der Waals surface area contributed by atoms with Gasteiger partial charge < -0.3 is 4.90 Å². The normalized spacial score (nSPS) is 19.9. The van der Waals surface area contributed by atoms with Crippen LogP contribution in [-0.2, 0) is 4.79 Å². The van der Waals surface area contributed by atoms with Crippen LogP contribution in [-0.4, -0.2) is 12.5 Å². The molecule has 2 nitrogen and oxygen atoms in total. The average Bonchev–Trinajstić information content (AvgIpc) is 2.64. The van der Waals surface area contributed by atoms with Crippen LogP contribution in [0.3, 0.4) is 0 Å². The van der Waals surface area contributed by atoms with E-state index < -0.39 is 5.82 Å². The highest BCUT2D eigenvalue weighted by Crippen LogP contribution is 2.30. The van der Waals surface area contributed by atoms with Crippen molar-refractivity contribution in [3.8, 4) is 12.3 Å². The second-order valence-corrected chi connectivity index (χ2v) is 4.05. The Balaban J connectivity index is 2.36. The van der Waals surface area contributed by atoms with Gasteiger partial charge >= 0.3 is 0 Å². The first kappa shape index (κ1) is 11.0. The van der Waals surface area contributed by atoms with Gasteiger partial charge in [0.05, 0.1) is 10.7 Å². The Hall–Kier alpha value is -1.53. The van der Waals surface area contributed by atoms with Crippen LogP contribution >= 0.6 is 11.6 Å². The summed E-state index contributed by atoms with van der Waals surface area (Å²) in [6, 6.07) is 4.58. The third kappa shape index (κ3) is 1.77. The minimum absolute atomic E-state index is 0.00876. The number of carbonyl (C=O) groups excluding carboxylic acids is 1. The third-order valence-electron chi connectivity index (χ3n) is 2.58. The predicted octanol–water partition coefficient (Wildman–Crippen LogP) is 2.47. The van der Waals surface area contributed by atoms with Crippen LogP contribution in [0.15, 0.2) is 18.2 Å². The van der Waals surface area contributed by atoms with Crippen LogP contribution in [0.1, 0.15) is 6.42 Å². The van der Waals surface area contributed by atoms with Crippen LogP contribution < -0.4 is 4.90 Å². The molecule has 16 heavy (non-hydrogen) atoms. The molecule has 1 heterocycles. The first-order valence-electron chi connectivity index (χ1n) is 4.84. The van der Waals surface area contributed by atoms with E-state index in [0.717, 1.165) is 0 Å². The summed E-state index contributed by atoms with van der Waals surface area (Å²) in [5.74, 6) is 1.63. The summed E-state index contributed by atoms with van der Waals surface area (Å²) in [7, 11) is 0. The Morgan fingerprint density at radius 2 is 2.31 bits per heavy atom. The average molecular weight is 238 g/mol. The quantitative estimate of drug-likeness (QED) is 0.687. The van der Waals surface area contributed by atoms with E-state index in [-0.39, 0.29) is 29.0 Å². The van der Waals surface area contributed by atoms with Gasteiger partial charge in [0.2, 0.25) is 5.91 Å². The molecule has 1 aliphatic heterocycles. The summed E-state index contributed by atoms with van der Waals surface area (Å²) in [5.41, 5.74) is 0.204. The fraction of sp³-hybridized carbons (Fsp3) is 0.250. The molecule has 0 saturated carbocycles. The number of rotatable bonds is 1. The van der Waals surface area contributed by atoms with Crippen LogP contribution in [0.4, 0.5) is 10.1 Å². The number of nitrogens with zero attached hydrogens (tertiary/aromatic N) is 1. The molecule has 1 atom stereocenters. The molecule has 0 radical (unpaired) electrons. The molecular formula is C12H9ClFNO. The highest BCUT2D eigenvalue weighted by atomic mass is 35.5. The molecule has 4 heteroatoms. The van der Waals surface area contributed by atoms with Gasteiger partial charge in [0.15, 0.2) is 5.82 Å². The van der Waals surface area contributed by atoms with Crippen molar-refractivity contribution in [2.45, 2.75) is 6.42 Å². The van der Waals surface area contributed by atoms with Gasteiger partial charge in [-0.2, -0.15) is 0 Å². The number of hydrogen-bond acceptors (Lipinski definition) is 1. The molecule has 1 aromatic rings. The number of amides is 1. The summed E-state index contributed by atoms with van der Waals surface area (Å²) in [4.78, 5) is 13.0. The molecule has 1 saturated heterocycles. The Labute approximate surface area is 98.0 Å². The predicted molar refractivity (Wildman–Crippen MR) is 60.7 cm³/mol. The Bertz CT molecular complexity index is 480. The highest BCUT2D eigenvalue weighted by Gasteiger charge is 2.31. The summed E-state index contributed by atoms with van der Waals surface area (Å²) >= 11 is 5.66. The third-order valence-corrected chi connectivity index (χ3v) is 2.87. The van der Waals surface area contributed by atoms with E-state index >= 15 is 0 Å². The lowest BCUT2D eigenvalue weighted by molar-refractivity contribution is -0.117. The van der Waals surface area contributed by atoms with Gasteiger partial charge in [-0.1, -0.05) is 17.7 Å². The Morgan fingerprint density at radius 1 is 1.56 bits per heavy atom. The summed E-state index contributed by atoms with van der Waals surface area (Å²) in [5, 5.41) is 0.00876. The molecule has 1 amide bonds. The van der Waals surface area contributed by atoms with Crippen molar-refractivity contribution in [1.29, 1.82) is 0 Å². The Morgan fingerprint density at radius 3 is 2.94 bits per heavy atom. The van der Waals surface area contributed by atoms with E-state index in [1.54, 1.807) is 6.07 Å². The van der Waals surface area contributed by atoms with E-state index in [0.29, 0.717) is 6.54 Å². The molecule has 0 aromatic heterocycles. The maximum absolute atomic E-state index is 13.7. The fourth-order valence-electron chi connectivity index (χ4n) is 1.75. The van der Waals surface area contributed by atoms with Gasteiger partial charge in [-0.25, -0.2) is 4.39 Å². The smallest absolute Gasteiger partial charge is 0.228 e. The molecular weight excluding hydrogens is 229 g/mol. The van der Waals surface area contributed by atoms with Crippen LogP contribution in [0.25, 0.3) is 0 Å². The molecule has 0 spiro atoms. The number of benzene rings is 1. The maximum Gasteiger partial charge on any atom is 0.228 e. The van der Waals surface area contributed by atoms with Crippen molar-refractivity contribution < 1.29 is 9.18 Å². The highest BCUT2D eigenvalue weighted by molar-refractivity contribution is 6.31. The van der Waals surface area contributed by atoms with Crippen LogP contribution in [0.2, 0.25) is 5.02 Å². The lowest BCUT2D eigenvalue weighted by Gasteiger charge is -2.17. The van der Waals surface area contributed by atoms with Gasteiger partial charge in [0.1, 0.15) is 0 Å². The van der Waals surface area contributed by atoms with Crippen LogP contribution in [0.5, 0.6) is 0 Å². The molecule has 0 bridgehead atoms. The zero-order chi connectivity index (χ0) is 11.7. The standard InChI is InChI=1S/C12H9ClFNO/c1-2-8-6-11(16)15(7-8)10-5-3-4-9(13)12(10)14/h1,3-5,8H,6-7H2. The SMILES string of the molecule is C#CC1CC(=O)N(c2cccc(Cl)c2F)C1. The van der Waals surface area contributed by atoms with Gasteiger partial charge in [-0.05, 0) is 12.1 Å². The van der Waals surface area contributed by atoms with Gasteiger partial charge in [-0.15, -0.1) is 12.3 Å². The van der Waals surface area contributed by atoms with E-state index in [1.807, 2.05) is 0 Å². The van der Waals surface area contributed by atoms with Crippen molar-refractivity contribution in [2.24, 2.45) is 5.92 Å². The summed E-state index contributed by atoms with van der Waals surface area (Å²) < 4.78 is 13.7. The fourth-order valence-corrected chi connectivity index (χ4v) is 1.92. The van der Waals surface area contributed by atoms with Crippen molar-refractivity contribution in [3.05, 3.63) is 29.0 Å². The summed E-state index contributed by atoms with van der Waals surface area (Å²) in [6.07, 6.45) is 5.52. The van der Waals surface area contributed by atoms with Crippen LogP contribution in [0, 0.1) is 24.1 Å². The molecule has 1 aromatic carbocycles. The molecule has 0 N–H and O–H groups in total. The number of hydrogen-bond donors (Lipinski definition) is 0. The molecule has 2 rings (SSSR count). The van der Waals surface area contributed by atoms with Crippen molar-refractivity contribution in [1.82, 2.24) is 0 Å². The second kappa shape index (κ2) is 4.15. The largest absolute Gasteiger partial charge is 0.308 e. The molecule has 82 valence electrons. The molecule has 0 aliphatic carbocycles. The second-order valence-electron chi connectivity index (χ2n) is 3.65. The minimum Gasteiger partial charge on any atom is -0.308 e. The zero-order valence-electron chi connectivity index (χ0n) is 8.41. The number of carbonyl (C=O) groups is 1. The van der Waals surface area contributed by atoms with Crippen molar-refractivity contribution in [3.63, 3.8) is 0 Å². The monoisotopic (exact) mass is 237 g/mol. The maximum atomic E-state index is 13.7. The van der Waals surface area contributed by atoms with E-state index in [9.17, 15) is 9.18 Å². The van der Waals surface area contributed by atoms with Gasteiger partial charge in [0, 0.05) is 18.9 Å². The summed E-state index contributed by atoms with van der Waals surface area (Å²) in [6.45, 7) is 0.354. The van der Waals surface area contributed by atoms with E-state index in [2.05, 4.69) is 5.92 Å². The van der Waals surface area contributed by atoms with Crippen molar-refractivity contribution in [2.75, 3.05) is 11.4 Å². The minimum atomic E-state index is -0.574. The first-order chi connectivity index (χ1) is 7.63. The Kier molecular flexibility index (Phi) is 2.84. The van der Waals surface area contributed by atoms with E-state index in [4.69, 9.17) is 18.0 Å². The lowest BCUT2D eigenvalue weighted by Crippen LogP contribution is -2.25. The number of anilines is 1. The zero-order valence-corrected chi connectivity index (χ0v) is 9.17. The van der Waals surface area contributed by atoms with E-state index in [1.165, 1.54) is 17.0 Å². The molecule has 1 unspecified atom stereocenters. The number of terminal acetylenes is 1.